The first-order chi connectivity index (χ1) is 36.7. The molecule has 0 aromatic rings. The molecule has 1 aliphatic heterocycles. The Morgan fingerprint density at radius 1 is 0.507 bits per heavy atom. The maximum Gasteiger partial charge on any atom is 0.306 e. The third kappa shape index (κ3) is 40.7. The highest BCUT2D eigenvalue weighted by atomic mass is 16.7. The molecule has 0 spiro atoms. The number of aliphatic hydroxyl groups is 5. The van der Waals surface area contributed by atoms with Crippen molar-refractivity contribution in [1.82, 2.24) is 5.32 Å². The predicted octanol–water partition coefficient (Wildman–Crippen LogP) is 15.1. The Morgan fingerprint density at radius 2 is 0.893 bits per heavy atom. The molecular formula is C64H119NO10. The molecule has 0 aliphatic carbocycles. The molecule has 440 valence electrons. The maximum atomic E-state index is 13.3. The molecule has 0 aromatic heterocycles. The molecule has 1 saturated heterocycles. The highest BCUT2D eigenvalue weighted by Gasteiger charge is 2.47. The smallest absolute Gasteiger partial charge is 0.306 e. The number of aliphatic hydroxyl groups excluding tert-OH is 5. The zero-order valence-electron chi connectivity index (χ0n) is 48.7. The number of nitrogens with one attached hydrogen (secondary N) is 1. The first kappa shape index (κ1) is 70.9. The van der Waals surface area contributed by atoms with Crippen LogP contribution in [0.4, 0.5) is 0 Å². The first-order valence-electron chi connectivity index (χ1n) is 31.8. The Kier molecular flexibility index (Phi) is 49.7. The van der Waals surface area contributed by atoms with E-state index in [-0.39, 0.29) is 19.4 Å². The molecule has 11 nitrogen and oxygen atoms in total. The van der Waals surface area contributed by atoms with E-state index in [2.05, 4.69) is 50.4 Å². The molecule has 1 amide bonds. The van der Waals surface area contributed by atoms with E-state index in [0.717, 1.165) is 70.6 Å². The fourth-order valence-electron chi connectivity index (χ4n) is 9.92. The van der Waals surface area contributed by atoms with Crippen LogP contribution < -0.4 is 5.32 Å². The number of carbonyl (C=O) groups excluding carboxylic acids is 2. The molecule has 0 bridgehead atoms. The molecule has 11 heteroatoms. The van der Waals surface area contributed by atoms with Crippen LogP contribution in [0.15, 0.2) is 36.5 Å². The molecule has 8 unspecified atom stereocenters. The van der Waals surface area contributed by atoms with Gasteiger partial charge in [0.15, 0.2) is 12.4 Å². The molecule has 6 N–H and O–H groups in total. The predicted molar refractivity (Wildman–Crippen MR) is 311 cm³/mol. The Labute approximate surface area is 460 Å². The summed E-state index contributed by atoms with van der Waals surface area (Å²) < 4.78 is 17.6. The highest BCUT2D eigenvalue weighted by molar-refractivity contribution is 5.80. The lowest BCUT2D eigenvalue weighted by molar-refractivity contribution is -0.305. The van der Waals surface area contributed by atoms with Crippen molar-refractivity contribution >= 4 is 11.9 Å². The summed E-state index contributed by atoms with van der Waals surface area (Å²) in [6.45, 7) is 5.74. The van der Waals surface area contributed by atoms with Crippen LogP contribution in [-0.4, -0.2) is 99.6 Å². The van der Waals surface area contributed by atoms with Crippen LogP contribution in [0.5, 0.6) is 0 Å². The zero-order valence-corrected chi connectivity index (χ0v) is 48.7. The van der Waals surface area contributed by atoms with Gasteiger partial charge in [-0.3, -0.25) is 9.59 Å². The molecule has 75 heavy (non-hydrogen) atoms. The average molecular weight is 1060 g/mol. The van der Waals surface area contributed by atoms with Crippen LogP contribution in [0.2, 0.25) is 0 Å². The fourth-order valence-corrected chi connectivity index (χ4v) is 9.92. The van der Waals surface area contributed by atoms with E-state index in [1.165, 1.54) is 180 Å². The van der Waals surface area contributed by atoms with Gasteiger partial charge in [0.1, 0.15) is 24.4 Å². The lowest BCUT2D eigenvalue weighted by Crippen LogP contribution is -2.61. The molecule has 0 aromatic carbocycles. The van der Waals surface area contributed by atoms with E-state index < -0.39 is 67.4 Å². The number of carbonyl (C=O) groups is 2. The van der Waals surface area contributed by atoms with E-state index >= 15 is 0 Å². The van der Waals surface area contributed by atoms with Gasteiger partial charge in [-0.05, 0) is 70.6 Å². The number of allylic oxidation sites excluding steroid dienone is 5. The van der Waals surface area contributed by atoms with Gasteiger partial charge >= 0.3 is 5.97 Å². The molecule has 1 aliphatic rings. The Balaban J connectivity index is 2.54. The van der Waals surface area contributed by atoms with Crippen molar-refractivity contribution in [2.45, 2.75) is 346 Å². The molecule has 8 atom stereocenters. The third-order valence-corrected chi connectivity index (χ3v) is 15.0. The van der Waals surface area contributed by atoms with Crippen LogP contribution in [0, 0.1) is 0 Å². The van der Waals surface area contributed by atoms with Crippen LogP contribution >= 0.6 is 0 Å². The number of ether oxygens (including phenoxy) is 3. The van der Waals surface area contributed by atoms with Gasteiger partial charge in [0, 0.05) is 6.42 Å². The lowest BCUT2D eigenvalue weighted by Gasteiger charge is -2.41. The number of hydrogen-bond acceptors (Lipinski definition) is 10. The van der Waals surface area contributed by atoms with Crippen LogP contribution in [-0.2, 0) is 23.8 Å². The van der Waals surface area contributed by atoms with E-state index in [1.807, 2.05) is 6.08 Å². The normalized spacial score (nSPS) is 19.4. The lowest BCUT2D eigenvalue weighted by atomic mass is 9.99. The van der Waals surface area contributed by atoms with Gasteiger partial charge in [0.05, 0.1) is 25.4 Å². The van der Waals surface area contributed by atoms with E-state index in [4.69, 9.17) is 14.2 Å². The SMILES string of the molecule is CCCC/C=C\CCCCCCC(O)C(=O)NC(COC1OC(CO)C(O)C(O)C1OC(=O)CCCCCCCCCCCCCCCCC/C=C/CCCCCCCC)C(O)/C=C/CCCCCCCCCCC. The van der Waals surface area contributed by atoms with Gasteiger partial charge in [-0.2, -0.15) is 0 Å². The van der Waals surface area contributed by atoms with Gasteiger partial charge < -0.3 is 45.1 Å². The largest absolute Gasteiger partial charge is 0.454 e. The maximum absolute atomic E-state index is 13.3. The van der Waals surface area contributed by atoms with Gasteiger partial charge in [-0.25, -0.2) is 0 Å². The van der Waals surface area contributed by atoms with Crippen molar-refractivity contribution in [2.75, 3.05) is 13.2 Å². The number of amides is 1. The van der Waals surface area contributed by atoms with Crippen molar-refractivity contribution in [2.24, 2.45) is 0 Å². The molecule has 1 rings (SSSR count). The summed E-state index contributed by atoms with van der Waals surface area (Å²) in [6.07, 6.45) is 52.1. The molecule has 1 fully saturated rings. The summed E-state index contributed by atoms with van der Waals surface area (Å²) in [6, 6.07) is -1.02. The monoisotopic (exact) mass is 1060 g/mol. The minimum atomic E-state index is -1.61. The van der Waals surface area contributed by atoms with E-state index in [0.29, 0.717) is 12.8 Å². The molecule has 0 radical (unpaired) electrons. The minimum Gasteiger partial charge on any atom is -0.454 e. The van der Waals surface area contributed by atoms with Crippen molar-refractivity contribution in [3.63, 3.8) is 0 Å². The van der Waals surface area contributed by atoms with Gasteiger partial charge in [0.2, 0.25) is 5.91 Å². The molecule has 0 saturated carbocycles. The number of unbranched alkanes of at least 4 members (excludes halogenated alkanes) is 36. The van der Waals surface area contributed by atoms with Crippen LogP contribution in [0.25, 0.3) is 0 Å². The Hall–Kier alpha value is -2.12. The van der Waals surface area contributed by atoms with Gasteiger partial charge in [-0.15, -0.1) is 0 Å². The summed E-state index contributed by atoms with van der Waals surface area (Å²) in [7, 11) is 0. The van der Waals surface area contributed by atoms with Crippen LogP contribution in [0.3, 0.4) is 0 Å². The summed E-state index contributed by atoms with van der Waals surface area (Å²) in [5, 5.41) is 56.8. The summed E-state index contributed by atoms with van der Waals surface area (Å²) in [4.78, 5) is 26.5. The second-order valence-corrected chi connectivity index (χ2v) is 22.1. The summed E-state index contributed by atoms with van der Waals surface area (Å²) in [5.74, 6) is -1.20. The standard InChI is InChI=1S/C64H119NO10/c1-4-7-10-13-16-19-22-23-24-25-26-27-28-29-30-31-32-33-34-35-37-40-43-46-49-52-59(69)75-62-61(71)60(70)58(53-66)74-64(62)73-54-55(56(67)50-47-44-41-39-36-20-17-14-11-8-5-2)65-63(72)57(68)51-48-45-42-38-21-18-15-12-9-6-3/h15,18,23-24,47,50,55-58,60-62,64,66-68,70-71H,4-14,16-17,19-22,25-46,48-49,51-54H2,1-3H3,(H,65,72)/b18-15-,24-23+,50-47+. The second-order valence-electron chi connectivity index (χ2n) is 22.1. The van der Waals surface area contributed by atoms with Gasteiger partial charge in [-0.1, -0.05) is 256 Å². The van der Waals surface area contributed by atoms with E-state index in [9.17, 15) is 35.1 Å². The topological polar surface area (TPSA) is 175 Å². The molecule has 1 heterocycles. The summed E-state index contributed by atoms with van der Waals surface area (Å²) in [5.41, 5.74) is 0. The first-order valence-corrected chi connectivity index (χ1v) is 31.8. The van der Waals surface area contributed by atoms with Crippen molar-refractivity contribution < 1.29 is 49.3 Å². The van der Waals surface area contributed by atoms with Crippen molar-refractivity contribution in [1.29, 1.82) is 0 Å². The minimum absolute atomic E-state index is 0.126. The zero-order chi connectivity index (χ0) is 54.7. The average Bonchev–Trinajstić information content (AvgIpc) is 3.41. The summed E-state index contributed by atoms with van der Waals surface area (Å²) >= 11 is 0. The van der Waals surface area contributed by atoms with Gasteiger partial charge in [0.25, 0.3) is 0 Å². The molecular weight excluding hydrogens is 943 g/mol. The Morgan fingerprint density at radius 3 is 1.33 bits per heavy atom. The quantitative estimate of drug-likeness (QED) is 0.0195. The Bertz CT molecular complexity index is 1360. The number of esters is 1. The second kappa shape index (κ2) is 52.6. The van der Waals surface area contributed by atoms with E-state index in [1.54, 1.807) is 6.08 Å². The van der Waals surface area contributed by atoms with Crippen molar-refractivity contribution in [3.8, 4) is 0 Å². The number of hydrogen-bond donors (Lipinski definition) is 6. The van der Waals surface area contributed by atoms with Crippen LogP contribution in [0.1, 0.15) is 297 Å². The number of rotatable bonds is 54. The fraction of sp³-hybridized carbons (Fsp3) is 0.875. The highest BCUT2D eigenvalue weighted by Crippen LogP contribution is 2.26. The third-order valence-electron chi connectivity index (χ3n) is 15.0. The van der Waals surface area contributed by atoms with Crippen molar-refractivity contribution in [3.05, 3.63) is 36.5 Å².